The van der Waals surface area contributed by atoms with E-state index in [4.69, 9.17) is 13.9 Å². The van der Waals surface area contributed by atoms with Crippen LogP contribution in [0.4, 0.5) is 11.4 Å². The van der Waals surface area contributed by atoms with Gasteiger partial charge in [0.25, 0.3) is 5.91 Å². The van der Waals surface area contributed by atoms with E-state index in [1.54, 1.807) is 7.11 Å². The number of carbonyl (C=O) groups is 1. The summed E-state index contributed by atoms with van der Waals surface area (Å²) in [6.07, 6.45) is 0. The third-order valence-corrected chi connectivity index (χ3v) is 4.70. The minimum Gasteiger partial charge on any atom is -0.451 e. The van der Waals surface area contributed by atoms with Crippen LogP contribution in [0.1, 0.15) is 16.1 Å². The van der Waals surface area contributed by atoms with Crippen LogP contribution in [-0.2, 0) is 16.1 Å². The molecule has 2 aromatic carbocycles. The molecule has 3 aromatic rings. The molecule has 1 aromatic heterocycles. The van der Waals surface area contributed by atoms with Gasteiger partial charge in [-0.1, -0.05) is 30.3 Å². The number of furan rings is 1. The zero-order chi connectivity index (χ0) is 18.6. The first-order chi connectivity index (χ1) is 13.3. The number of nitrogens with zero attached hydrogens (tertiary/aromatic N) is 1. The van der Waals surface area contributed by atoms with E-state index >= 15 is 0 Å². The second-order valence-corrected chi connectivity index (χ2v) is 6.41. The average molecular weight is 366 g/mol. The Kier molecular flexibility index (Phi) is 5.09. The molecule has 1 amide bonds. The molecule has 1 aliphatic heterocycles. The van der Waals surface area contributed by atoms with Crippen molar-refractivity contribution in [2.75, 3.05) is 43.6 Å². The summed E-state index contributed by atoms with van der Waals surface area (Å²) in [6.45, 7) is 3.28. The molecule has 0 atom stereocenters. The first-order valence-corrected chi connectivity index (χ1v) is 9.00. The van der Waals surface area contributed by atoms with Gasteiger partial charge in [-0.15, -0.1) is 0 Å². The SMILES string of the molecule is COCc1c(C(=O)Nc2ccccc2N2CCOCC2)oc2ccccc12. The number of benzene rings is 2. The molecule has 27 heavy (non-hydrogen) atoms. The van der Waals surface area contributed by atoms with E-state index in [2.05, 4.69) is 10.2 Å². The summed E-state index contributed by atoms with van der Waals surface area (Å²) in [5.41, 5.74) is 3.18. The summed E-state index contributed by atoms with van der Waals surface area (Å²) in [6, 6.07) is 15.4. The Morgan fingerprint density at radius 3 is 2.67 bits per heavy atom. The Morgan fingerprint density at radius 1 is 1.11 bits per heavy atom. The number of carbonyl (C=O) groups excluding carboxylic acids is 1. The maximum Gasteiger partial charge on any atom is 0.291 e. The van der Waals surface area contributed by atoms with Crippen LogP contribution in [0.25, 0.3) is 11.0 Å². The number of fused-ring (bicyclic) bond motifs is 1. The molecule has 6 nitrogen and oxygen atoms in total. The Hall–Kier alpha value is -2.83. The molecule has 4 rings (SSSR count). The van der Waals surface area contributed by atoms with Gasteiger partial charge in [0.05, 0.1) is 31.2 Å². The molecule has 0 saturated carbocycles. The largest absolute Gasteiger partial charge is 0.451 e. The third kappa shape index (κ3) is 3.54. The fourth-order valence-electron chi connectivity index (χ4n) is 3.41. The van der Waals surface area contributed by atoms with Gasteiger partial charge in [-0.2, -0.15) is 0 Å². The maximum absolute atomic E-state index is 13.0. The number of nitrogens with one attached hydrogen (secondary N) is 1. The predicted molar refractivity (Wildman–Crippen MR) is 104 cm³/mol. The Bertz CT molecular complexity index is 944. The van der Waals surface area contributed by atoms with Gasteiger partial charge in [-0.05, 0) is 18.2 Å². The lowest BCUT2D eigenvalue weighted by Gasteiger charge is -2.30. The van der Waals surface area contributed by atoms with E-state index in [1.165, 1.54) is 0 Å². The predicted octanol–water partition coefficient (Wildman–Crippen LogP) is 3.67. The van der Waals surface area contributed by atoms with Crippen LogP contribution in [0.3, 0.4) is 0 Å². The van der Waals surface area contributed by atoms with E-state index < -0.39 is 0 Å². The molecule has 1 fully saturated rings. The fraction of sp³-hybridized carbons (Fsp3) is 0.286. The lowest BCUT2D eigenvalue weighted by molar-refractivity contribution is 0.0992. The molecule has 2 heterocycles. The molecular formula is C21H22N2O4. The van der Waals surface area contributed by atoms with Gasteiger partial charge >= 0.3 is 0 Å². The third-order valence-electron chi connectivity index (χ3n) is 4.70. The number of rotatable bonds is 5. The van der Waals surface area contributed by atoms with E-state index in [0.29, 0.717) is 25.4 Å². The summed E-state index contributed by atoms with van der Waals surface area (Å²) >= 11 is 0. The Labute approximate surface area is 157 Å². The number of amides is 1. The van der Waals surface area contributed by atoms with Crippen LogP contribution in [0.5, 0.6) is 0 Å². The number of hydrogen-bond acceptors (Lipinski definition) is 5. The summed E-state index contributed by atoms with van der Waals surface area (Å²) in [4.78, 5) is 15.2. The number of morpholine rings is 1. The number of methoxy groups -OCH3 is 1. The highest BCUT2D eigenvalue weighted by Gasteiger charge is 2.22. The van der Waals surface area contributed by atoms with Crippen LogP contribution in [0.2, 0.25) is 0 Å². The zero-order valence-electron chi connectivity index (χ0n) is 15.2. The maximum atomic E-state index is 13.0. The topological polar surface area (TPSA) is 63.9 Å². The van der Waals surface area contributed by atoms with Crippen LogP contribution in [0.15, 0.2) is 52.9 Å². The Balaban J connectivity index is 1.65. The molecule has 6 heteroatoms. The Morgan fingerprint density at radius 2 is 1.85 bits per heavy atom. The highest BCUT2D eigenvalue weighted by atomic mass is 16.5. The van der Waals surface area contributed by atoms with Crippen molar-refractivity contribution in [3.63, 3.8) is 0 Å². The summed E-state index contributed by atoms with van der Waals surface area (Å²) in [5, 5.41) is 3.91. The van der Waals surface area contributed by atoms with Crippen LogP contribution < -0.4 is 10.2 Å². The minimum absolute atomic E-state index is 0.279. The summed E-state index contributed by atoms with van der Waals surface area (Å²) < 4.78 is 16.6. The smallest absolute Gasteiger partial charge is 0.291 e. The highest BCUT2D eigenvalue weighted by molar-refractivity contribution is 6.07. The van der Waals surface area contributed by atoms with Gasteiger partial charge in [0.2, 0.25) is 0 Å². The first-order valence-electron chi connectivity index (χ1n) is 9.00. The van der Waals surface area contributed by atoms with Gasteiger partial charge in [0.15, 0.2) is 5.76 Å². The molecule has 1 aliphatic rings. The monoisotopic (exact) mass is 366 g/mol. The van der Waals surface area contributed by atoms with Gasteiger partial charge in [-0.25, -0.2) is 0 Å². The first kappa shape index (κ1) is 17.6. The summed E-state index contributed by atoms with van der Waals surface area (Å²) in [5.74, 6) is 0.00814. The molecular weight excluding hydrogens is 344 g/mol. The molecule has 0 bridgehead atoms. The van der Waals surface area contributed by atoms with E-state index in [0.717, 1.165) is 35.4 Å². The van der Waals surface area contributed by atoms with Crippen LogP contribution in [0, 0.1) is 0 Å². The van der Waals surface area contributed by atoms with Crippen molar-refractivity contribution < 1.29 is 18.7 Å². The van der Waals surface area contributed by atoms with Crippen molar-refractivity contribution in [2.45, 2.75) is 6.61 Å². The van der Waals surface area contributed by atoms with Crippen molar-refractivity contribution >= 4 is 28.3 Å². The van der Waals surface area contributed by atoms with E-state index in [9.17, 15) is 4.79 Å². The van der Waals surface area contributed by atoms with E-state index in [1.807, 2.05) is 48.5 Å². The second kappa shape index (κ2) is 7.82. The highest BCUT2D eigenvalue weighted by Crippen LogP contribution is 2.30. The number of ether oxygens (including phenoxy) is 2. The minimum atomic E-state index is -0.279. The van der Waals surface area contributed by atoms with Gasteiger partial charge in [0.1, 0.15) is 5.58 Å². The molecule has 0 aliphatic carbocycles. The molecule has 1 N–H and O–H groups in total. The van der Waals surface area contributed by atoms with Crippen LogP contribution in [-0.4, -0.2) is 39.3 Å². The van der Waals surface area contributed by atoms with Gasteiger partial charge in [-0.3, -0.25) is 4.79 Å². The molecule has 140 valence electrons. The molecule has 0 radical (unpaired) electrons. The summed E-state index contributed by atoms with van der Waals surface area (Å²) in [7, 11) is 1.61. The molecule has 0 spiro atoms. The molecule has 1 saturated heterocycles. The van der Waals surface area contributed by atoms with Crippen molar-refractivity contribution in [3.05, 3.63) is 59.9 Å². The standard InChI is InChI=1S/C21H22N2O4/c1-25-14-16-15-6-2-5-9-19(15)27-20(16)21(24)22-17-7-3-4-8-18(17)23-10-12-26-13-11-23/h2-9H,10-14H2,1H3,(H,22,24). The number of para-hydroxylation sites is 3. The number of anilines is 2. The van der Waals surface area contributed by atoms with E-state index in [-0.39, 0.29) is 11.7 Å². The van der Waals surface area contributed by atoms with Gasteiger partial charge in [0, 0.05) is 31.1 Å². The van der Waals surface area contributed by atoms with Crippen molar-refractivity contribution in [3.8, 4) is 0 Å². The van der Waals surface area contributed by atoms with Gasteiger partial charge < -0.3 is 24.1 Å². The lowest BCUT2D eigenvalue weighted by Crippen LogP contribution is -2.36. The molecule has 0 unspecified atom stereocenters. The average Bonchev–Trinajstić information content (AvgIpc) is 3.08. The van der Waals surface area contributed by atoms with Crippen LogP contribution >= 0.6 is 0 Å². The van der Waals surface area contributed by atoms with Crippen molar-refractivity contribution in [1.29, 1.82) is 0 Å². The quantitative estimate of drug-likeness (QED) is 0.746. The van der Waals surface area contributed by atoms with Crippen molar-refractivity contribution in [1.82, 2.24) is 0 Å². The lowest BCUT2D eigenvalue weighted by atomic mass is 10.1. The zero-order valence-corrected chi connectivity index (χ0v) is 15.2. The fourth-order valence-corrected chi connectivity index (χ4v) is 3.41. The van der Waals surface area contributed by atoms with Crippen molar-refractivity contribution in [2.24, 2.45) is 0 Å². The normalized spacial score (nSPS) is 14.5. The number of hydrogen-bond donors (Lipinski definition) is 1. The second-order valence-electron chi connectivity index (χ2n) is 6.41.